The van der Waals surface area contributed by atoms with Crippen molar-refractivity contribution in [2.45, 2.75) is 43.5 Å². The highest BCUT2D eigenvalue weighted by Gasteiger charge is 2.26. The maximum absolute atomic E-state index is 12.9. The van der Waals surface area contributed by atoms with E-state index in [1.165, 1.54) is 18.0 Å². The Labute approximate surface area is 196 Å². The average Bonchev–Trinajstić information content (AvgIpc) is 3.22. The van der Waals surface area contributed by atoms with Crippen molar-refractivity contribution < 1.29 is 13.2 Å². The highest BCUT2D eigenvalue weighted by molar-refractivity contribution is 7.90. The van der Waals surface area contributed by atoms with Crippen molar-refractivity contribution in [3.63, 3.8) is 0 Å². The number of hydrogen-bond acceptors (Lipinski definition) is 5. The van der Waals surface area contributed by atoms with Crippen molar-refractivity contribution in [3.8, 4) is 11.1 Å². The summed E-state index contributed by atoms with van der Waals surface area (Å²) in [6, 6.07) is 7.12. The molecule has 0 unspecified atom stereocenters. The second kappa shape index (κ2) is 7.98. The summed E-state index contributed by atoms with van der Waals surface area (Å²) in [5.41, 5.74) is 5.35. The lowest BCUT2D eigenvalue weighted by Crippen LogP contribution is -2.34. The maximum atomic E-state index is 12.9. The van der Waals surface area contributed by atoms with Gasteiger partial charge in [0, 0.05) is 36.1 Å². The van der Waals surface area contributed by atoms with Crippen molar-refractivity contribution in [2.24, 2.45) is 5.92 Å². The first kappa shape index (κ1) is 20.9. The molecule has 9 nitrogen and oxygen atoms in total. The fraction of sp³-hybridized carbons (Fsp3) is 0.292. The number of H-pyrrole nitrogens is 1. The molecule has 2 aliphatic rings. The minimum absolute atomic E-state index is 0.0232. The number of aromatic amines is 1. The van der Waals surface area contributed by atoms with E-state index in [1.54, 1.807) is 10.9 Å². The predicted molar refractivity (Wildman–Crippen MR) is 128 cm³/mol. The van der Waals surface area contributed by atoms with E-state index in [0.29, 0.717) is 18.2 Å². The number of carbonyl (C=O) groups excluding carboxylic acids is 1. The number of sulfonamides is 1. The van der Waals surface area contributed by atoms with Gasteiger partial charge in [0.1, 0.15) is 10.5 Å². The number of nitrogens with one attached hydrogen (secondary N) is 3. The largest absolute Gasteiger partial charge is 0.346 e. The van der Waals surface area contributed by atoms with E-state index in [2.05, 4.69) is 31.2 Å². The van der Waals surface area contributed by atoms with Gasteiger partial charge >= 0.3 is 6.03 Å². The molecule has 0 saturated heterocycles. The van der Waals surface area contributed by atoms with Crippen molar-refractivity contribution in [3.05, 3.63) is 60.2 Å². The quantitative estimate of drug-likeness (QED) is 0.390. The normalized spacial score (nSPS) is 15.4. The van der Waals surface area contributed by atoms with Gasteiger partial charge < -0.3 is 10.3 Å². The van der Waals surface area contributed by atoms with Gasteiger partial charge in [-0.3, -0.25) is 4.68 Å². The number of urea groups is 1. The molecule has 1 aromatic carbocycles. The smallest absolute Gasteiger partial charge is 0.333 e. The number of amides is 2. The number of rotatable bonds is 6. The predicted octanol–water partition coefficient (Wildman–Crippen LogP) is 3.84. The molecular formula is C24H24N6O3S. The number of aromatic nitrogens is 4. The number of benzene rings is 1. The Kier molecular flexibility index (Phi) is 4.91. The second-order valence-corrected chi connectivity index (χ2v) is 10.7. The van der Waals surface area contributed by atoms with Crippen LogP contribution in [0.25, 0.3) is 22.2 Å². The topological polar surface area (TPSA) is 122 Å². The molecule has 0 bridgehead atoms. The fourth-order valence-electron chi connectivity index (χ4n) is 4.70. The van der Waals surface area contributed by atoms with E-state index in [4.69, 9.17) is 0 Å². The third kappa shape index (κ3) is 3.83. The molecule has 3 N–H and O–H groups in total. The molecule has 4 aromatic rings. The molecule has 3 heterocycles. The third-order valence-corrected chi connectivity index (χ3v) is 7.85. The number of pyridine rings is 1. The molecular weight excluding hydrogens is 452 g/mol. The molecule has 10 heteroatoms. The van der Waals surface area contributed by atoms with Crippen LogP contribution in [0.5, 0.6) is 0 Å². The molecule has 0 atom stereocenters. The SMILES string of the molecule is O=C(Nc1c(-c2ccnc3[nH]ccc23)ccc2c1CCC2)NS(=O)(=O)c1cnn(CC2CC2)c1. The molecule has 2 amide bonds. The van der Waals surface area contributed by atoms with Gasteiger partial charge in [0.25, 0.3) is 10.0 Å². The van der Waals surface area contributed by atoms with Crippen LogP contribution in [0.15, 0.2) is 53.9 Å². The minimum atomic E-state index is -4.05. The zero-order chi connectivity index (χ0) is 23.3. The molecule has 2 aliphatic carbocycles. The van der Waals surface area contributed by atoms with E-state index >= 15 is 0 Å². The van der Waals surface area contributed by atoms with Crippen molar-refractivity contribution in [1.82, 2.24) is 24.5 Å². The summed E-state index contributed by atoms with van der Waals surface area (Å²) >= 11 is 0. The molecule has 34 heavy (non-hydrogen) atoms. The molecule has 0 radical (unpaired) electrons. The number of anilines is 1. The van der Waals surface area contributed by atoms with Gasteiger partial charge in [-0.05, 0) is 66.8 Å². The highest BCUT2D eigenvalue weighted by Crippen LogP contribution is 2.39. The van der Waals surface area contributed by atoms with Gasteiger partial charge in [0.2, 0.25) is 0 Å². The van der Waals surface area contributed by atoms with Crippen molar-refractivity contribution >= 4 is 32.8 Å². The lowest BCUT2D eigenvalue weighted by atomic mass is 9.96. The molecule has 1 fully saturated rings. The van der Waals surface area contributed by atoms with E-state index in [-0.39, 0.29) is 4.90 Å². The summed E-state index contributed by atoms with van der Waals surface area (Å²) in [5, 5.41) is 7.92. The summed E-state index contributed by atoms with van der Waals surface area (Å²) < 4.78 is 29.5. The zero-order valence-corrected chi connectivity index (χ0v) is 19.2. The van der Waals surface area contributed by atoms with Crippen LogP contribution in [-0.4, -0.2) is 34.2 Å². The Morgan fingerprint density at radius 3 is 2.88 bits per heavy atom. The summed E-state index contributed by atoms with van der Waals surface area (Å²) in [6.07, 6.45) is 11.3. The third-order valence-electron chi connectivity index (χ3n) is 6.56. The monoisotopic (exact) mass is 476 g/mol. The summed E-state index contributed by atoms with van der Waals surface area (Å²) in [6.45, 7) is 0.695. The van der Waals surface area contributed by atoms with Gasteiger partial charge in [0.05, 0.1) is 11.9 Å². The number of hydrogen-bond donors (Lipinski definition) is 3. The van der Waals surface area contributed by atoms with Crippen LogP contribution in [0.4, 0.5) is 10.5 Å². The van der Waals surface area contributed by atoms with Crippen LogP contribution in [-0.2, 0) is 29.4 Å². The summed E-state index contributed by atoms with van der Waals surface area (Å²) in [7, 11) is -4.05. The Hall–Kier alpha value is -3.66. The van der Waals surface area contributed by atoms with Crippen LogP contribution in [0.1, 0.15) is 30.4 Å². The van der Waals surface area contributed by atoms with Crippen LogP contribution >= 0.6 is 0 Å². The van der Waals surface area contributed by atoms with Gasteiger partial charge in [0.15, 0.2) is 0 Å². The number of fused-ring (bicyclic) bond motifs is 2. The van der Waals surface area contributed by atoms with Crippen LogP contribution in [0, 0.1) is 5.92 Å². The number of aryl methyl sites for hydroxylation is 1. The van der Waals surface area contributed by atoms with E-state index in [9.17, 15) is 13.2 Å². The Morgan fingerprint density at radius 1 is 1.15 bits per heavy atom. The van der Waals surface area contributed by atoms with Crippen molar-refractivity contribution in [1.29, 1.82) is 0 Å². The molecule has 174 valence electrons. The minimum Gasteiger partial charge on any atom is -0.346 e. The standard InChI is InChI=1S/C24H24N6O3S/c31-24(29-34(32,33)17-12-27-30(14-17)13-15-4-5-15)28-22-18-3-1-2-16(18)6-7-20(22)19-8-10-25-23-21(19)9-11-26-23/h6-12,14-15H,1-5,13H2,(H,25,26)(H2,28,29,31). The Balaban J connectivity index is 1.31. The Morgan fingerprint density at radius 2 is 2.03 bits per heavy atom. The highest BCUT2D eigenvalue weighted by atomic mass is 32.2. The van der Waals surface area contributed by atoms with Crippen LogP contribution in [0.3, 0.4) is 0 Å². The molecule has 0 aliphatic heterocycles. The fourth-order valence-corrected chi connectivity index (χ4v) is 5.56. The average molecular weight is 477 g/mol. The van der Waals surface area contributed by atoms with Gasteiger partial charge in [-0.2, -0.15) is 5.10 Å². The first-order chi connectivity index (χ1) is 16.5. The van der Waals surface area contributed by atoms with E-state index in [0.717, 1.165) is 59.8 Å². The lowest BCUT2D eigenvalue weighted by Gasteiger charge is -2.17. The molecule has 6 rings (SSSR count). The van der Waals surface area contributed by atoms with Crippen molar-refractivity contribution in [2.75, 3.05) is 5.32 Å². The maximum Gasteiger partial charge on any atom is 0.333 e. The Bertz CT molecular complexity index is 1520. The van der Waals surface area contributed by atoms with E-state index < -0.39 is 16.1 Å². The van der Waals surface area contributed by atoms with Gasteiger partial charge in [-0.15, -0.1) is 0 Å². The summed E-state index contributed by atoms with van der Waals surface area (Å²) in [5.74, 6) is 0.560. The number of carbonyl (C=O) groups is 1. The zero-order valence-electron chi connectivity index (χ0n) is 18.4. The second-order valence-electron chi connectivity index (χ2n) is 8.98. The molecule has 0 spiro atoms. The van der Waals surface area contributed by atoms with Gasteiger partial charge in [-0.1, -0.05) is 12.1 Å². The van der Waals surface area contributed by atoms with E-state index in [1.807, 2.05) is 24.4 Å². The lowest BCUT2D eigenvalue weighted by molar-refractivity contribution is 0.256. The molecule has 3 aromatic heterocycles. The summed E-state index contributed by atoms with van der Waals surface area (Å²) in [4.78, 5) is 20.4. The number of nitrogens with zero attached hydrogens (tertiary/aromatic N) is 3. The first-order valence-electron chi connectivity index (χ1n) is 11.4. The van der Waals surface area contributed by atoms with Crippen LogP contribution < -0.4 is 10.0 Å². The van der Waals surface area contributed by atoms with Crippen LogP contribution in [0.2, 0.25) is 0 Å². The molecule has 1 saturated carbocycles. The first-order valence-corrected chi connectivity index (χ1v) is 12.9. The van der Waals surface area contributed by atoms with Gasteiger partial charge in [-0.25, -0.2) is 22.9 Å².